The van der Waals surface area contributed by atoms with Crippen molar-refractivity contribution in [3.8, 4) is 0 Å². The molecule has 1 aliphatic heterocycles. The number of aliphatic hydroxyl groups excluding tert-OH is 1. The molecular formula is C13H28N2O2. The van der Waals surface area contributed by atoms with Gasteiger partial charge in [0.1, 0.15) is 0 Å². The molecule has 4 nitrogen and oxygen atoms in total. The number of aliphatic hydroxyl groups is 1. The predicted octanol–water partition coefficient (Wildman–Crippen LogP) is 1.02. The average molecular weight is 244 g/mol. The minimum absolute atomic E-state index is 0.120. The molecule has 0 unspecified atom stereocenters. The van der Waals surface area contributed by atoms with Gasteiger partial charge in [-0.25, -0.2) is 0 Å². The van der Waals surface area contributed by atoms with E-state index in [1.165, 1.54) is 38.5 Å². The zero-order chi connectivity index (χ0) is 12.5. The third kappa shape index (κ3) is 5.82. The number of nitrogens with one attached hydrogen (secondary N) is 1. The number of nitrogens with two attached hydrogens (primary N) is 1. The highest BCUT2D eigenvalue weighted by atomic mass is 16.5. The summed E-state index contributed by atoms with van der Waals surface area (Å²) in [5.41, 5.74) is 5.66. The van der Waals surface area contributed by atoms with Crippen molar-refractivity contribution in [1.82, 2.24) is 5.32 Å². The molecule has 3 atom stereocenters. The summed E-state index contributed by atoms with van der Waals surface area (Å²) in [6.07, 6.45) is 7.22. The third-order valence-electron chi connectivity index (χ3n) is 3.37. The molecule has 0 aromatic heterocycles. The lowest BCUT2D eigenvalue weighted by Crippen LogP contribution is -2.41. The number of hydrogen-bond acceptors (Lipinski definition) is 4. The van der Waals surface area contributed by atoms with Gasteiger partial charge in [0.25, 0.3) is 0 Å². The van der Waals surface area contributed by atoms with E-state index < -0.39 is 6.10 Å². The lowest BCUT2D eigenvalue weighted by Gasteiger charge is -2.15. The Kier molecular flexibility index (Phi) is 7.77. The Hall–Kier alpha value is -0.160. The van der Waals surface area contributed by atoms with Crippen molar-refractivity contribution in [3.63, 3.8) is 0 Å². The zero-order valence-electron chi connectivity index (χ0n) is 11.0. The quantitative estimate of drug-likeness (QED) is 0.530. The normalized spacial score (nSPS) is 28.8. The van der Waals surface area contributed by atoms with Crippen LogP contribution in [0.15, 0.2) is 0 Å². The van der Waals surface area contributed by atoms with Crippen molar-refractivity contribution in [2.75, 3.05) is 19.7 Å². The summed E-state index contributed by atoms with van der Waals surface area (Å²) in [7, 11) is 0. The first-order valence-corrected chi connectivity index (χ1v) is 7.01. The molecular weight excluding hydrogens is 216 g/mol. The second-order valence-corrected chi connectivity index (χ2v) is 5.00. The lowest BCUT2D eigenvalue weighted by molar-refractivity contribution is 0.0419. The maximum Gasteiger partial charge on any atom is 0.0987 e. The van der Waals surface area contributed by atoms with Crippen LogP contribution in [-0.4, -0.2) is 43.1 Å². The van der Waals surface area contributed by atoms with Gasteiger partial charge in [0.15, 0.2) is 0 Å². The van der Waals surface area contributed by atoms with Crippen LogP contribution in [0.25, 0.3) is 0 Å². The molecule has 0 aromatic rings. The van der Waals surface area contributed by atoms with Crippen molar-refractivity contribution in [2.24, 2.45) is 5.73 Å². The first-order valence-electron chi connectivity index (χ1n) is 7.01. The van der Waals surface area contributed by atoms with E-state index in [4.69, 9.17) is 10.5 Å². The van der Waals surface area contributed by atoms with E-state index in [1.807, 2.05) is 0 Å². The van der Waals surface area contributed by atoms with Gasteiger partial charge in [-0.05, 0) is 13.0 Å². The summed E-state index contributed by atoms with van der Waals surface area (Å²) in [5.74, 6) is 0. The molecule has 0 spiro atoms. The van der Waals surface area contributed by atoms with Crippen molar-refractivity contribution in [2.45, 2.75) is 63.7 Å². The highest BCUT2D eigenvalue weighted by Crippen LogP contribution is 2.11. The van der Waals surface area contributed by atoms with Crippen molar-refractivity contribution in [3.05, 3.63) is 0 Å². The predicted molar refractivity (Wildman–Crippen MR) is 70.0 cm³/mol. The van der Waals surface area contributed by atoms with Gasteiger partial charge in [-0.1, -0.05) is 39.0 Å². The molecule has 4 N–H and O–H groups in total. The van der Waals surface area contributed by atoms with Crippen LogP contribution in [0.3, 0.4) is 0 Å². The van der Waals surface area contributed by atoms with Crippen molar-refractivity contribution >= 4 is 0 Å². The lowest BCUT2D eigenvalue weighted by atomic mass is 10.1. The Labute approximate surface area is 105 Å². The Bertz CT molecular complexity index is 190. The van der Waals surface area contributed by atoms with Crippen LogP contribution in [0, 0.1) is 0 Å². The van der Waals surface area contributed by atoms with Crippen LogP contribution in [0.1, 0.15) is 45.4 Å². The standard InChI is InChI=1S/C13H28N2O2/c1-2-3-4-5-6-7-8-15-9-12-13(16)11(14)10-17-12/h11-13,15-16H,2-10,14H2,1H3/t11-,12-,13+/m0/s1. The highest BCUT2D eigenvalue weighted by molar-refractivity contribution is 4.87. The van der Waals surface area contributed by atoms with E-state index >= 15 is 0 Å². The second-order valence-electron chi connectivity index (χ2n) is 5.00. The summed E-state index contributed by atoms with van der Waals surface area (Å²) < 4.78 is 5.40. The fourth-order valence-electron chi connectivity index (χ4n) is 2.16. The van der Waals surface area contributed by atoms with E-state index in [9.17, 15) is 5.11 Å². The van der Waals surface area contributed by atoms with Gasteiger partial charge in [0, 0.05) is 6.54 Å². The molecule has 0 amide bonds. The maximum absolute atomic E-state index is 9.67. The van der Waals surface area contributed by atoms with Gasteiger partial charge < -0.3 is 20.9 Å². The number of ether oxygens (including phenoxy) is 1. The highest BCUT2D eigenvalue weighted by Gasteiger charge is 2.32. The molecule has 0 bridgehead atoms. The molecule has 0 saturated carbocycles. The van der Waals surface area contributed by atoms with E-state index in [2.05, 4.69) is 12.2 Å². The first-order chi connectivity index (χ1) is 8.25. The molecule has 1 saturated heterocycles. The fourth-order valence-corrected chi connectivity index (χ4v) is 2.16. The Morgan fingerprint density at radius 3 is 2.59 bits per heavy atom. The number of unbranched alkanes of at least 4 members (excludes halogenated alkanes) is 5. The van der Waals surface area contributed by atoms with Crippen LogP contribution in [0.2, 0.25) is 0 Å². The largest absolute Gasteiger partial charge is 0.389 e. The van der Waals surface area contributed by atoms with Gasteiger partial charge in [0.2, 0.25) is 0 Å². The topological polar surface area (TPSA) is 67.5 Å². The molecule has 1 aliphatic rings. The Morgan fingerprint density at radius 1 is 1.24 bits per heavy atom. The SMILES string of the molecule is CCCCCCCCNC[C@@H]1OC[C@H](N)[C@H]1O. The van der Waals surface area contributed by atoms with Crippen molar-refractivity contribution < 1.29 is 9.84 Å². The molecule has 1 rings (SSSR count). The first kappa shape index (κ1) is 14.9. The van der Waals surface area contributed by atoms with Crippen LogP contribution < -0.4 is 11.1 Å². The van der Waals surface area contributed by atoms with E-state index in [1.54, 1.807) is 0 Å². The van der Waals surface area contributed by atoms with Crippen LogP contribution in [-0.2, 0) is 4.74 Å². The Balaban J connectivity index is 1.87. The van der Waals surface area contributed by atoms with Crippen molar-refractivity contribution in [1.29, 1.82) is 0 Å². The Morgan fingerprint density at radius 2 is 1.94 bits per heavy atom. The molecule has 0 aromatic carbocycles. The molecule has 0 radical (unpaired) electrons. The van der Waals surface area contributed by atoms with Gasteiger partial charge in [0.05, 0.1) is 24.9 Å². The van der Waals surface area contributed by atoms with E-state index in [0.717, 1.165) is 6.54 Å². The van der Waals surface area contributed by atoms with Crippen LogP contribution in [0.4, 0.5) is 0 Å². The molecule has 1 fully saturated rings. The summed E-state index contributed by atoms with van der Waals surface area (Å²) in [4.78, 5) is 0. The summed E-state index contributed by atoms with van der Waals surface area (Å²) >= 11 is 0. The number of hydrogen-bond donors (Lipinski definition) is 3. The van der Waals surface area contributed by atoms with Crippen LogP contribution >= 0.6 is 0 Å². The average Bonchev–Trinajstić information content (AvgIpc) is 2.64. The van der Waals surface area contributed by atoms with E-state index in [-0.39, 0.29) is 12.1 Å². The molecule has 4 heteroatoms. The maximum atomic E-state index is 9.67. The summed E-state index contributed by atoms with van der Waals surface area (Å²) in [5, 5.41) is 13.0. The van der Waals surface area contributed by atoms with Gasteiger partial charge in [-0.2, -0.15) is 0 Å². The minimum atomic E-state index is -0.507. The zero-order valence-corrected chi connectivity index (χ0v) is 11.0. The molecule has 0 aliphatic carbocycles. The fraction of sp³-hybridized carbons (Fsp3) is 1.00. The van der Waals surface area contributed by atoms with Gasteiger partial charge in [-0.3, -0.25) is 0 Å². The number of rotatable bonds is 9. The molecule has 1 heterocycles. The van der Waals surface area contributed by atoms with Gasteiger partial charge in [-0.15, -0.1) is 0 Å². The summed E-state index contributed by atoms with van der Waals surface area (Å²) in [6, 6.07) is -0.212. The summed E-state index contributed by atoms with van der Waals surface area (Å²) in [6.45, 7) is 4.43. The van der Waals surface area contributed by atoms with E-state index in [0.29, 0.717) is 13.2 Å². The molecule has 102 valence electrons. The monoisotopic (exact) mass is 244 g/mol. The van der Waals surface area contributed by atoms with Gasteiger partial charge >= 0.3 is 0 Å². The smallest absolute Gasteiger partial charge is 0.0987 e. The molecule has 17 heavy (non-hydrogen) atoms. The third-order valence-corrected chi connectivity index (χ3v) is 3.37. The van der Waals surface area contributed by atoms with Crippen LogP contribution in [0.5, 0.6) is 0 Å². The second kappa shape index (κ2) is 8.86. The minimum Gasteiger partial charge on any atom is -0.389 e.